The number of pyridine rings is 1. The Morgan fingerprint density at radius 2 is 1.83 bits per heavy atom. The Morgan fingerprint density at radius 3 is 2.67 bits per heavy atom. The van der Waals surface area contributed by atoms with Crippen molar-refractivity contribution in [2.24, 2.45) is 0 Å². The minimum atomic E-state index is 0.710. The van der Waals surface area contributed by atoms with Crippen LogP contribution in [0.5, 0.6) is 0 Å². The Hall–Kier alpha value is -0.0500. The van der Waals surface area contributed by atoms with Gasteiger partial charge in [-0.25, -0.2) is 15.0 Å². The summed E-state index contributed by atoms with van der Waals surface area (Å²) in [5.41, 5.74) is 1.56. The highest BCUT2D eigenvalue weighted by Crippen LogP contribution is 2.13. The molecule has 2 aromatic heterocycles. The van der Waals surface area contributed by atoms with E-state index in [2.05, 4.69) is 60.1 Å². The summed E-state index contributed by atoms with van der Waals surface area (Å²) in [5.74, 6) is 0. The molecule has 0 saturated heterocycles. The van der Waals surface area contributed by atoms with Gasteiger partial charge in [0.2, 0.25) is 0 Å². The van der Waals surface area contributed by atoms with Crippen LogP contribution in [0.3, 0.4) is 0 Å². The van der Waals surface area contributed by atoms with Gasteiger partial charge in [-0.05, 0) is 57.3 Å². The van der Waals surface area contributed by atoms with Crippen molar-refractivity contribution >= 4 is 56.3 Å². The summed E-state index contributed by atoms with van der Waals surface area (Å²) in [7, 11) is 0. The molecular formula is C7H3I2N3. The van der Waals surface area contributed by atoms with Crippen molar-refractivity contribution < 1.29 is 0 Å². The summed E-state index contributed by atoms with van der Waals surface area (Å²) in [6.45, 7) is 0. The number of aromatic nitrogens is 3. The average Bonchev–Trinajstić information content (AvgIpc) is 2.07. The van der Waals surface area contributed by atoms with Crippen molar-refractivity contribution in [1.82, 2.24) is 15.0 Å². The second kappa shape index (κ2) is 3.36. The molecule has 0 aliphatic carbocycles. The Labute approximate surface area is 96.3 Å². The van der Waals surface area contributed by atoms with Crippen LogP contribution in [0, 0.1) is 7.40 Å². The average molecular weight is 383 g/mol. The van der Waals surface area contributed by atoms with Crippen LogP contribution in [-0.4, -0.2) is 15.0 Å². The first-order chi connectivity index (χ1) is 5.77. The maximum atomic E-state index is 4.33. The maximum Gasteiger partial charge on any atom is 0.179 e. The minimum Gasteiger partial charge on any atom is -0.236 e. The lowest BCUT2D eigenvalue weighted by Crippen LogP contribution is -1.94. The van der Waals surface area contributed by atoms with Crippen LogP contribution in [0.15, 0.2) is 18.3 Å². The fraction of sp³-hybridized carbons (Fsp3) is 0. The molecular weight excluding hydrogens is 380 g/mol. The highest BCUT2D eigenvalue weighted by atomic mass is 127. The number of fused-ring (bicyclic) bond motifs is 1. The molecule has 12 heavy (non-hydrogen) atoms. The molecule has 0 aliphatic rings. The summed E-state index contributed by atoms with van der Waals surface area (Å²) >= 11 is 4.31. The van der Waals surface area contributed by atoms with Crippen molar-refractivity contribution in [2.45, 2.75) is 0 Å². The zero-order valence-corrected chi connectivity index (χ0v) is 10.1. The lowest BCUT2D eigenvalue weighted by Gasteiger charge is -1.97. The molecule has 0 radical (unpaired) electrons. The van der Waals surface area contributed by atoms with Gasteiger partial charge in [0.15, 0.2) is 5.65 Å². The van der Waals surface area contributed by atoms with Crippen LogP contribution in [0.4, 0.5) is 0 Å². The van der Waals surface area contributed by atoms with E-state index in [9.17, 15) is 0 Å². The van der Waals surface area contributed by atoms with Gasteiger partial charge in [-0.3, -0.25) is 0 Å². The summed E-state index contributed by atoms with van der Waals surface area (Å²) in [6.07, 6.45) is 1.72. The van der Waals surface area contributed by atoms with Crippen LogP contribution in [0.25, 0.3) is 11.2 Å². The largest absolute Gasteiger partial charge is 0.236 e. The first-order valence-corrected chi connectivity index (χ1v) is 5.37. The quantitative estimate of drug-likeness (QED) is 0.656. The van der Waals surface area contributed by atoms with Crippen LogP contribution < -0.4 is 0 Å². The van der Waals surface area contributed by atoms with E-state index in [4.69, 9.17) is 0 Å². The third-order valence-electron chi connectivity index (χ3n) is 1.36. The van der Waals surface area contributed by atoms with Gasteiger partial charge >= 0.3 is 0 Å². The highest BCUT2D eigenvalue weighted by molar-refractivity contribution is 14.1. The van der Waals surface area contributed by atoms with Crippen LogP contribution in [-0.2, 0) is 0 Å². The normalized spacial score (nSPS) is 10.5. The summed E-state index contributed by atoms with van der Waals surface area (Å²) in [4.78, 5) is 12.7. The molecule has 3 nitrogen and oxygen atoms in total. The van der Waals surface area contributed by atoms with Crippen molar-refractivity contribution in [3.8, 4) is 0 Å². The van der Waals surface area contributed by atoms with E-state index in [1.165, 1.54) is 0 Å². The Kier molecular flexibility index (Phi) is 2.40. The molecule has 2 rings (SSSR count). The number of halogens is 2. The van der Waals surface area contributed by atoms with Gasteiger partial charge in [-0.1, -0.05) is 0 Å². The van der Waals surface area contributed by atoms with Crippen molar-refractivity contribution in [3.05, 3.63) is 25.7 Å². The zero-order chi connectivity index (χ0) is 8.55. The Morgan fingerprint density at radius 1 is 1.08 bits per heavy atom. The number of rotatable bonds is 0. The highest BCUT2D eigenvalue weighted by Gasteiger charge is 2.02. The molecule has 0 atom stereocenters. The first-order valence-electron chi connectivity index (χ1n) is 3.21. The molecule has 0 N–H and O–H groups in total. The molecule has 0 aliphatic heterocycles. The van der Waals surface area contributed by atoms with Gasteiger partial charge in [-0.2, -0.15) is 0 Å². The third kappa shape index (κ3) is 1.51. The van der Waals surface area contributed by atoms with Gasteiger partial charge in [0.1, 0.15) is 12.9 Å². The van der Waals surface area contributed by atoms with E-state index >= 15 is 0 Å². The molecule has 0 aromatic carbocycles. The summed E-state index contributed by atoms with van der Waals surface area (Å²) in [6, 6.07) is 3.77. The maximum absolute atomic E-state index is 4.33. The van der Waals surface area contributed by atoms with Gasteiger partial charge in [0, 0.05) is 6.20 Å². The molecule has 0 unspecified atom stereocenters. The van der Waals surface area contributed by atoms with Gasteiger partial charge in [0.25, 0.3) is 0 Å². The number of nitrogens with zero attached hydrogens (tertiary/aromatic N) is 3. The van der Waals surface area contributed by atoms with Gasteiger partial charge in [-0.15, -0.1) is 0 Å². The standard InChI is InChI=1S/C7H3I2N3/c8-5-6(9)12-7-4(11-5)2-1-3-10-7/h1-3H. The van der Waals surface area contributed by atoms with Crippen LogP contribution in [0.1, 0.15) is 0 Å². The molecule has 0 amide bonds. The van der Waals surface area contributed by atoms with Crippen molar-refractivity contribution in [1.29, 1.82) is 0 Å². The van der Waals surface area contributed by atoms with Crippen molar-refractivity contribution in [2.75, 3.05) is 0 Å². The van der Waals surface area contributed by atoms with E-state index in [1.54, 1.807) is 6.20 Å². The van der Waals surface area contributed by atoms with Crippen molar-refractivity contribution in [3.63, 3.8) is 0 Å². The zero-order valence-electron chi connectivity index (χ0n) is 5.83. The Bertz CT molecular complexity index is 389. The molecule has 0 fully saturated rings. The molecule has 0 bridgehead atoms. The van der Waals surface area contributed by atoms with Crippen LogP contribution in [0.2, 0.25) is 0 Å². The SMILES string of the molecule is Ic1nc2cccnc2nc1I. The second-order valence-electron chi connectivity index (χ2n) is 2.15. The first kappa shape index (κ1) is 8.54. The second-order valence-corrected chi connectivity index (χ2v) is 4.19. The lowest BCUT2D eigenvalue weighted by atomic mass is 10.4. The smallest absolute Gasteiger partial charge is 0.179 e. The molecule has 2 heterocycles. The fourth-order valence-electron chi connectivity index (χ4n) is 0.853. The van der Waals surface area contributed by atoms with Gasteiger partial charge < -0.3 is 0 Å². The Balaban J connectivity index is 2.84. The number of hydrogen-bond donors (Lipinski definition) is 0. The van der Waals surface area contributed by atoms with E-state index in [-0.39, 0.29) is 0 Å². The number of hydrogen-bond acceptors (Lipinski definition) is 3. The third-order valence-corrected chi connectivity index (χ3v) is 3.90. The van der Waals surface area contributed by atoms with E-state index in [0.717, 1.165) is 12.9 Å². The van der Waals surface area contributed by atoms with E-state index in [0.29, 0.717) is 5.65 Å². The lowest BCUT2D eigenvalue weighted by molar-refractivity contribution is 1.16. The topological polar surface area (TPSA) is 38.7 Å². The molecule has 2 aromatic rings. The molecule has 60 valence electrons. The predicted molar refractivity (Wildman–Crippen MR) is 62.8 cm³/mol. The summed E-state index contributed by atoms with van der Waals surface area (Å²) in [5, 5.41) is 0. The molecule has 0 spiro atoms. The molecule has 5 heteroatoms. The van der Waals surface area contributed by atoms with Crippen LogP contribution >= 0.6 is 45.2 Å². The molecule has 0 saturated carbocycles. The monoisotopic (exact) mass is 383 g/mol. The van der Waals surface area contributed by atoms with E-state index < -0.39 is 0 Å². The predicted octanol–water partition coefficient (Wildman–Crippen LogP) is 2.23. The minimum absolute atomic E-state index is 0.710. The van der Waals surface area contributed by atoms with E-state index in [1.807, 2.05) is 12.1 Å². The fourth-order valence-corrected chi connectivity index (χ4v) is 1.58. The summed E-state index contributed by atoms with van der Waals surface area (Å²) < 4.78 is 1.83. The van der Waals surface area contributed by atoms with Gasteiger partial charge in [0.05, 0.1) is 0 Å².